The van der Waals surface area contributed by atoms with Crippen molar-refractivity contribution < 1.29 is 26.4 Å². The number of carbonyl (C=O) groups is 1. The lowest BCUT2D eigenvalue weighted by Gasteiger charge is -2.07. The lowest BCUT2D eigenvalue weighted by atomic mass is 10.1. The minimum atomic E-state index is -4.46. The maximum Gasteiger partial charge on any atom is 0.416 e. The van der Waals surface area contributed by atoms with E-state index < -0.39 is 27.7 Å². The maximum atomic E-state index is 12.5. The third kappa shape index (κ3) is 5.19. The van der Waals surface area contributed by atoms with E-state index in [0.717, 1.165) is 41.3 Å². The minimum Gasteiger partial charge on any atom is -0.268 e. The average Bonchev–Trinajstić information content (AvgIpc) is 2.52. The Kier molecular flexibility index (Phi) is 5.56. The summed E-state index contributed by atoms with van der Waals surface area (Å²) < 4.78 is 63.4. The number of nitrogens with one attached hydrogen (secondary N) is 1. The van der Waals surface area contributed by atoms with Crippen LogP contribution in [-0.4, -0.2) is 14.3 Å². The SMILES string of the molecule is Cc1ccc(C(=O)NS(=O)(=O)C=Cc2ccc(C(F)(F)F)cc2)c(C)c1. The highest BCUT2D eigenvalue weighted by Crippen LogP contribution is 2.29. The van der Waals surface area contributed by atoms with Crippen molar-refractivity contribution in [2.45, 2.75) is 20.0 Å². The van der Waals surface area contributed by atoms with Gasteiger partial charge in [-0.15, -0.1) is 0 Å². The molecular weight excluding hydrogens is 367 g/mol. The van der Waals surface area contributed by atoms with Crippen LogP contribution in [0.3, 0.4) is 0 Å². The summed E-state index contributed by atoms with van der Waals surface area (Å²) in [5, 5.41) is 0.733. The number of hydrogen-bond acceptors (Lipinski definition) is 3. The van der Waals surface area contributed by atoms with Gasteiger partial charge in [0.1, 0.15) is 0 Å². The van der Waals surface area contributed by atoms with Crippen LogP contribution >= 0.6 is 0 Å². The van der Waals surface area contributed by atoms with Gasteiger partial charge in [0, 0.05) is 5.56 Å². The van der Waals surface area contributed by atoms with Crippen LogP contribution in [0, 0.1) is 13.8 Å². The summed E-state index contributed by atoms with van der Waals surface area (Å²) in [6, 6.07) is 8.93. The molecule has 1 amide bonds. The Balaban J connectivity index is 2.12. The van der Waals surface area contributed by atoms with Crippen molar-refractivity contribution in [1.82, 2.24) is 4.72 Å². The summed E-state index contributed by atoms with van der Waals surface area (Å²) in [5.41, 5.74) is 1.21. The molecule has 0 saturated heterocycles. The van der Waals surface area contributed by atoms with E-state index in [-0.39, 0.29) is 11.1 Å². The lowest BCUT2D eigenvalue weighted by molar-refractivity contribution is -0.137. The largest absolute Gasteiger partial charge is 0.416 e. The van der Waals surface area contributed by atoms with E-state index in [4.69, 9.17) is 0 Å². The smallest absolute Gasteiger partial charge is 0.268 e. The first kappa shape index (κ1) is 19.7. The second-order valence-electron chi connectivity index (χ2n) is 5.72. The molecule has 0 aromatic heterocycles. The fourth-order valence-corrected chi connectivity index (χ4v) is 3.01. The van der Waals surface area contributed by atoms with Crippen LogP contribution in [0.4, 0.5) is 13.2 Å². The van der Waals surface area contributed by atoms with Crippen LogP contribution in [0.1, 0.15) is 32.6 Å². The zero-order valence-electron chi connectivity index (χ0n) is 14.0. The minimum absolute atomic E-state index is 0.224. The van der Waals surface area contributed by atoms with E-state index >= 15 is 0 Å². The van der Waals surface area contributed by atoms with E-state index in [1.165, 1.54) is 6.07 Å². The van der Waals surface area contributed by atoms with Gasteiger partial charge in [-0.3, -0.25) is 4.79 Å². The van der Waals surface area contributed by atoms with Crippen molar-refractivity contribution in [3.05, 3.63) is 75.7 Å². The molecule has 8 heteroatoms. The number of rotatable bonds is 4. The molecule has 2 rings (SSSR count). The third-order valence-corrected chi connectivity index (χ3v) is 4.50. The van der Waals surface area contributed by atoms with Crippen LogP contribution < -0.4 is 4.72 Å². The maximum absolute atomic E-state index is 12.5. The van der Waals surface area contributed by atoms with Crippen molar-refractivity contribution in [2.24, 2.45) is 0 Å². The van der Waals surface area contributed by atoms with Gasteiger partial charge < -0.3 is 0 Å². The Morgan fingerprint density at radius 1 is 1.04 bits per heavy atom. The van der Waals surface area contributed by atoms with Crippen LogP contribution in [0.5, 0.6) is 0 Å². The molecule has 138 valence electrons. The fourth-order valence-electron chi connectivity index (χ4n) is 2.24. The molecule has 0 spiro atoms. The molecule has 4 nitrogen and oxygen atoms in total. The summed E-state index contributed by atoms with van der Waals surface area (Å²) in [6.07, 6.45) is -3.36. The van der Waals surface area contributed by atoms with Crippen LogP contribution in [0.2, 0.25) is 0 Å². The van der Waals surface area contributed by atoms with Crippen molar-refractivity contribution in [1.29, 1.82) is 0 Å². The van der Waals surface area contributed by atoms with Crippen molar-refractivity contribution in [2.75, 3.05) is 0 Å². The number of amides is 1. The molecule has 0 aliphatic carbocycles. The molecule has 0 saturated carbocycles. The van der Waals surface area contributed by atoms with E-state index in [0.29, 0.717) is 5.56 Å². The molecule has 0 radical (unpaired) electrons. The molecule has 0 bridgehead atoms. The van der Waals surface area contributed by atoms with Gasteiger partial charge in [0.05, 0.1) is 11.0 Å². The lowest BCUT2D eigenvalue weighted by Crippen LogP contribution is -2.29. The summed E-state index contributed by atoms with van der Waals surface area (Å²) in [7, 11) is -4.09. The van der Waals surface area contributed by atoms with Gasteiger partial charge in [-0.25, -0.2) is 13.1 Å². The zero-order chi connectivity index (χ0) is 19.5. The molecule has 2 aromatic carbocycles. The molecule has 0 aliphatic rings. The zero-order valence-corrected chi connectivity index (χ0v) is 14.8. The first-order valence-electron chi connectivity index (χ1n) is 7.48. The van der Waals surface area contributed by atoms with Crippen LogP contribution in [-0.2, 0) is 16.2 Å². The quantitative estimate of drug-likeness (QED) is 0.866. The number of benzene rings is 2. The highest BCUT2D eigenvalue weighted by atomic mass is 32.2. The van der Waals surface area contributed by atoms with Crippen LogP contribution in [0.15, 0.2) is 47.9 Å². The Hall–Kier alpha value is -2.61. The van der Waals surface area contributed by atoms with Gasteiger partial charge in [0.2, 0.25) is 0 Å². The molecule has 0 atom stereocenters. The Morgan fingerprint density at radius 3 is 2.19 bits per heavy atom. The van der Waals surface area contributed by atoms with Gasteiger partial charge in [-0.2, -0.15) is 13.2 Å². The fraction of sp³-hybridized carbons (Fsp3) is 0.167. The molecule has 2 aromatic rings. The highest BCUT2D eigenvalue weighted by Gasteiger charge is 2.29. The molecule has 0 heterocycles. The molecule has 0 unspecified atom stereocenters. The van der Waals surface area contributed by atoms with Gasteiger partial charge in [0.25, 0.3) is 15.9 Å². The van der Waals surface area contributed by atoms with E-state index in [1.54, 1.807) is 19.1 Å². The summed E-state index contributed by atoms with van der Waals surface area (Å²) >= 11 is 0. The molecule has 26 heavy (non-hydrogen) atoms. The van der Waals surface area contributed by atoms with Crippen molar-refractivity contribution in [3.8, 4) is 0 Å². The topological polar surface area (TPSA) is 63.2 Å². The number of sulfonamides is 1. The number of aryl methyl sites for hydroxylation is 2. The van der Waals surface area contributed by atoms with E-state index in [1.807, 2.05) is 11.6 Å². The highest BCUT2D eigenvalue weighted by molar-refractivity contribution is 7.93. The Labute approximate surface area is 149 Å². The molecule has 0 aliphatic heterocycles. The average molecular weight is 383 g/mol. The normalized spacial score (nSPS) is 12.3. The van der Waals surface area contributed by atoms with E-state index in [2.05, 4.69) is 0 Å². The monoisotopic (exact) mass is 383 g/mol. The van der Waals surface area contributed by atoms with Crippen LogP contribution in [0.25, 0.3) is 6.08 Å². The number of hydrogen-bond donors (Lipinski definition) is 1. The second-order valence-corrected chi connectivity index (χ2v) is 7.28. The van der Waals surface area contributed by atoms with Crippen molar-refractivity contribution in [3.63, 3.8) is 0 Å². The first-order chi connectivity index (χ1) is 12.0. The number of carbonyl (C=O) groups excluding carboxylic acids is 1. The summed E-state index contributed by atoms with van der Waals surface area (Å²) in [6.45, 7) is 3.53. The standard InChI is InChI=1S/C18H16F3NO3S/c1-12-3-8-16(13(2)11-12)17(23)22-26(24,25)10-9-14-4-6-15(7-5-14)18(19,20)21/h3-11H,1-2H3,(H,22,23). The number of alkyl halides is 3. The van der Waals surface area contributed by atoms with Gasteiger partial charge in [0.15, 0.2) is 0 Å². The van der Waals surface area contributed by atoms with Gasteiger partial charge in [-0.1, -0.05) is 29.8 Å². The van der Waals surface area contributed by atoms with Gasteiger partial charge >= 0.3 is 6.18 Å². The predicted molar refractivity (Wildman–Crippen MR) is 92.8 cm³/mol. The second kappa shape index (κ2) is 7.33. The van der Waals surface area contributed by atoms with Crippen molar-refractivity contribution >= 4 is 22.0 Å². The Morgan fingerprint density at radius 2 is 1.65 bits per heavy atom. The van der Waals surface area contributed by atoms with Gasteiger partial charge in [-0.05, 0) is 49.2 Å². The summed E-state index contributed by atoms with van der Waals surface area (Å²) in [4.78, 5) is 12.1. The summed E-state index contributed by atoms with van der Waals surface area (Å²) in [5.74, 6) is -0.778. The molecule has 1 N–H and O–H groups in total. The third-order valence-electron chi connectivity index (χ3n) is 3.54. The first-order valence-corrected chi connectivity index (χ1v) is 9.02. The number of halogens is 3. The predicted octanol–water partition coefficient (Wildman–Crippen LogP) is 4.05. The molecular formula is C18H16F3NO3S. The Bertz CT molecular complexity index is 947. The molecule has 0 fully saturated rings. The van der Waals surface area contributed by atoms with E-state index in [9.17, 15) is 26.4 Å².